The van der Waals surface area contributed by atoms with Crippen LogP contribution in [0.15, 0.2) is 94.2 Å². The second-order valence-corrected chi connectivity index (χ2v) is 6.51. The summed E-state index contributed by atoms with van der Waals surface area (Å²) in [5, 5.41) is 1.06. The van der Waals surface area contributed by atoms with Crippen LogP contribution in [0.2, 0.25) is 0 Å². The van der Waals surface area contributed by atoms with E-state index in [4.69, 9.17) is 0 Å². The zero-order valence-electron chi connectivity index (χ0n) is 12.8. The van der Waals surface area contributed by atoms with Gasteiger partial charge in [-0.25, -0.2) is 0 Å². The van der Waals surface area contributed by atoms with Crippen molar-refractivity contribution in [3.63, 3.8) is 0 Å². The summed E-state index contributed by atoms with van der Waals surface area (Å²) in [7, 11) is 0. The smallest absolute Gasteiger partial charge is 0.256 e. The Balaban J connectivity index is 2.06. The van der Waals surface area contributed by atoms with Crippen molar-refractivity contribution < 1.29 is 0 Å². The minimum atomic E-state index is -0.0298. The summed E-state index contributed by atoms with van der Waals surface area (Å²) in [6.45, 7) is 0. The SMILES string of the molecule is O=c1cc(-c2ccc(Br)cc2)c2ccccc2n1-c1ccccc1. The lowest BCUT2D eigenvalue weighted by Gasteiger charge is -2.14. The molecule has 0 unspecified atom stereocenters. The minimum absolute atomic E-state index is 0.0298. The summed E-state index contributed by atoms with van der Waals surface area (Å²) in [5.74, 6) is 0. The molecule has 116 valence electrons. The Bertz CT molecular complexity index is 1070. The first-order valence-electron chi connectivity index (χ1n) is 7.70. The highest BCUT2D eigenvalue weighted by atomic mass is 79.9. The van der Waals surface area contributed by atoms with Crippen LogP contribution in [0.1, 0.15) is 0 Å². The van der Waals surface area contributed by atoms with Gasteiger partial charge in [-0.3, -0.25) is 9.36 Å². The van der Waals surface area contributed by atoms with Gasteiger partial charge in [0.05, 0.1) is 5.52 Å². The number of benzene rings is 3. The highest BCUT2D eigenvalue weighted by molar-refractivity contribution is 9.10. The third-order valence-electron chi connectivity index (χ3n) is 4.09. The molecule has 0 fully saturated rings. The summed E-state index contributed by atoms with van der Waals surface area (Å²) >= 11 is 3.46. The van der Waals surface area contributed by atoms with Gasteiger partial charge in [0.15, 0.2) is 0 Å². The van der Waals surface area contributed by atoms with Crippen molar-refractivity contribution in [1.29, 1.82) is 0 Å². The molecule has 24 heavy (non-hydrogen) atoms. The van der Waals surface area contributed by atoms with Gasteiger partial charge >= 0.3 is 0 Å². The second-order valence-electron chi connectivity index (χ2n) is 5.59. The molecule has 0 atom stereocenters. The maximum atomic E-state index is 12.8. The van der Waals surface area contributed by atoms with E-state index in [9.17, 15) is 4.79 Å². The summed E-state index contributed by atoms with van der Waals surface area (Å²) in [5.41, 5.74) is 3.75. The minimum Gasteiger partial charge on any atom is -0.277 e. The molecule has 0 aliphatic carbocycles. The van der Waals surface area contributed by atoms with Crippen LogP contribution in [0.5, 0.6) is 0 Å². The first-order valence-corrected chi connectivity index (χ1v) is 8.49. The molecule has 3 aromatic carbocycles. The molecule has 0 saturated carbocycles. The van der Waals surface area contributed by atoms with E-state index in [-0.39, 0.29) is 5.56 Å². The molecule has 4 rings (SSSR count). The molecule has 4 aromatic rings. The van der Waals surface area contributed by atoms with E-state index >= 15 is 0 Å². The summed E-state index contributed by atoms with van der Waals surface area (Å²) < 4.78 is 2.78. The van der Waals surface area contributed by atoms with Crippen LogP contribution in [0.25, 0.3) is 27.7 Å². The number of halogens is 1. The Kier molecular flexibility index (Phi) is 3.79. The Hall–Kier alpha value is -2.65. The lowest BCUT2D eigenvalue weighted by atomic mass is 10.0. The largest absolute Gasteiger partial charge is 0.277 e. The van der Waals surface area contributed by atoms with Crippen molar-refractivity contribution >= 4 is 26.8 Å². The monoisotopic (exact) mass is 375 g/mol. The van der Waals surface area contributed by atoms with Crippen molar-refractivity contribution in [3.05, 3.63) is 99.8 Å². The summed E-state index contributed by atoms with van der Waals surface area (Å²) in [6, 6.07) is 27.5. The predicted molar refractivity (Wildman–Crippen MR) is 103 cm³/mol. The van der Waals surface area contributed by atoms with Crippen LogP contribution in [0.4, 0.5) is 0 Å². The Morgan fingerprint density at radius 2 is 1.42 bits per heavy atom. The fraction of sp³-hybridized carbons (Fsp3) is 0. The Morgan fingerprint density at radius 1 is 0.750 bits per heavy atom. The Labute approximate surface area is 148 Å². The van der Waals surface area contributed by atoms with Gasteiger partial charge < -0.3 is 0 Å². The molecule has 0 radical (unpaired) electrons. The number of pyridine rings is 1. The van der Waals surface area contributed by atoms with E-state index in [0.29, 0.717) is 0 Å². The maximum absolute atomic E-state index is 12.8. The predicted octanol–water partition coefficient (Wildman–Crippen LogP) is 5.42. The molecule has 0 aliphatic heterocycles. The van der Waals surface area contributed by atoms with Crippen molar-refractivity contribution in [3.8, 4) is 16.8 Å². The average Bonchev–Trinajstić information content (AvgIpc) is 2.62. The quantitative estimate of drug-likeness (QED) is 0.458. The third kappa shape index (κ3) is 2.57. The van der Waals surface area contributed by atoms with Gasteiger partial charge in [-0.2, -0.15) is 0 Å². The van der Waals surface area contributed by atoms with E-state index in [1.54, 1.807) is 10.6 Å². The first-order chi connectivity index (χ1) is 11.7. The standard InChI is InChI=1S/C21H14BrNO/c22-16-12-10-15(11-13-16)19-14-21(24)23(17-6-2-1-3-7-17)20-9-5-4-8-18(19)20/h1-14H. The van der Waals surface area contributed by atoms with E-state index in [2.05, 4.69) is 22.0 Å². The molecule has 0 saturated heterocycles. The van der Waals surface area contributed by atoms with E-state index in [0.717, 1.165) is 32.2 Å². The molecule has 0 spiro atoms. The molecule has 1 aromatic heterocycles. The fourth-order valence-electron chi connectivity index (χ4n) is 2.99. The molecular formula is C21H14BrNO. The zero-order valence-corrected chi connectivity index (χ0v) is 14.4. The third-order valence-corrected chi connectivity index (χ3v) is 4.62. The summed E-state index contributed by atoms with van der Waals surface area (Å²) in [6.07, 6.45) is 0. The van der Waals surface area contributed by atoms with Gasteiger partial charge in [-0.15, -0.1) is 0 Å². The number of rotatable bonds is 2. The van der Waals surface area contributed by atoms with E-state index in [1.165, 1.54) is 0 Å². The number of hydrogen-bond donors (Lipinski definition) is 0. The molecule has 0 bridgehead atoms. The van der Waals surface area contributed by atoms with Gasteiger partial charge in [0.2, 0.25) is 0 Å². The van der Waals surface area contributed by atoms with Crippen LogP contribution >= 0.6 is 15.9 Å². The van der Waals surface area contributed by atoms with Gasteiger partial charge in [-0.1, -0.05) is 64.5 Å². The van der Waals surface area contributed by atoms with E-state index in [1.807, 2.05) is 72.8 Å². The zero-order chi connectivity index (χ0) is 16.5. The lowest BCUT2D eigenvalue weighted by Crippen LogP contribution is -2.18. The highest BCUT2D eigenvalue weighted by Crippen LogP contribution is 2.29. The van der Waals surface area contributed by atoms with Crippen LogP contribution in [-0.2, 0) is 0 Å². The molecular weight excluding hydrogens is 362 g/mol. The van der Waals surface area contributed by atoms with Crippen LogP contribution in [-0.4, -0.2) is 4.57 Å². The van der Waals surface area contributed by atoms with Crippen molar-refractivity contribution in [2.24, 2.45) is 0 Å². The Morgan fingerprint density at radius 3 is 2.17 bits per heavy atom. The highest BCUT2D eigenvalue weighted by Gasteiger charge is 2.11. The maximum Gasteiger partial charge on any atom is 0.256 e. The summed E-state index contributed by atoms with van der Waals surface area (Å²) in [4.78, 5) is 12.8. The van der Waals surface area contributed by atoms with Crippen molar-refractivity contribution in [2.75, 3.05) is 0 Å². The van der Waals surface area contributed by atoms with E-state index < -0.39 is 0 Å². The molecule has 0 N–H and O–H groups in total. The van der Waals surface area contributed by atoms with Gasteiger partial charge in [0.1, 0.15) is 0 Å². The first kappa shape index (κ1) is 14.9. The average molecular weight is 376 g/mol. The number of hydrogen-bond acceptors (Lipinski definition) is 1. The molecule has 2 nitrogen and oxygen atoms in total. The van der Waals surface area contributed by atoms with Gasteiger partial charge in [-0.05, 0) is 41.5 Å². The van der Waals surface area contributed by atoms with Gasteiger partial charge in [0.25, 0.3) is 5.56 Å². The number of aromatic nitrogens is 1. The molecule has 3 heteroatoms. The molecule has 1 heterocycles. The van der Waals surface area contributed by atoms with Crippen molar-refractivity contribution in [2.45, 2.75) is 0 Å². The van der Waals surface area contributed by atoms with Gasteiger partial charge in [0, 0.05) is 21.6 Å². The lowest BCUT2D eigenvalue weighted by molar-refractivity contribution is 1.04. The van der Waals surface area contributed by atoms with Crippen LogP contribution in [0.3, 0.4) is 0 Å². The number of para-hydroxylation sites is 2. The second kappa shape index (κ2) is 6.10. The van der Waals surface area contributed by atoms with Crippen molar-refractivity contribution in [1.82, 2.24) is 4.57 Å². The molecule has 0 aliphatic rings. The van der Waals surface area contributed by atoms with Crippen LogP contribution in [0, 0.1) is 0 Å². The number of fused-ring (bicyclic) bond motifs is 1. The topological polar surface area (TPSA) is 22.0 Å². The normalized spacial score (nSPS) is 10.9. The molecule has 0 amide bonds. The van der Waals surface area contributed by atoms with Crippen LogP contribution < -0.4 is 5.56 Å². The fourth-order valence-corrected chi connectivity index (χ4v) is 3.26. The number of nitrogens with zero attached hydrogens (tertiary/aromatic N) is 1.